The van der Waals surface area contributed by atoms with Crippen LogP contribution in [0.15, 0.2) is 46.8 Å². The minimum atomic E-state index is -1.23. The fraction of sp³-hybridized carbons (Fsp3) is 0.294. The molecule has 2 rings (SSSR count). The zero-order valence-corrected chi connectivity index (χ0v) is 15.5. The van der Waals surface area contributed by atoms with Gasteiger partial charge in [-0.05, 0) is 19.4 Å². The number of ether oxygens (including phenoxy) is 1. The first-order chi connectivity index (χ1) is 12.3. The van der Waals surface area contributed by atoms with Gasteiger partial charge in [0.05, 0.1) is 22.0 Å². The first kappa shape index (κ1) is 22.1. The van der Waals surface area contributed by atoms with Gasteiger partial charge in [-0.25, -0.2) is 9.59 Å². The second kappa shape index (κ2) is 9.15. The van der Waals surface area contributed by atoms with Crippen molar-refractivity contribution in [1.29, 1.82) is 0 Å². The Morgan fingerprint density at radius 3 is 2.48 bits per heavy atom. The lowest BCUT2D eigenvalue weighted by molar-refractivity contribution is -0.384. The summed E-state index contributed by atoms with van der Waals surface area (Å²) in [5.41, 5.74) is 6.25. The molecule has 27 heavy (non-hydrogen) atoms. The molecule has 1 aromatic rings. The van der Waals surface area contributed by atoms with Gasteiger partial charge in [0.15, 0.2) is 0 Å². The van der Waals surface area contributed by atoms with Gasteiger partial charge in [-0.15, -0.1) is 12.4 Å². The highest BCUT2D eigenvalue weighted by Gasteiger charge is 2.37. The molecule has 0 saturated carbocycles. The zero-order valence-electron chi connectivity index (χ0n) is 14.7. The van der Waals surface area contributed by atoms with Gasteiger partial charge in [0.25, 0.3) is 5.69 Å². The van der Waals surface area contributed by atoms with E-state index in [4.69, 9.17) is 10.5 Å². The van der Waals surface area contributed by atoms with Gasteiger partial charge >= 0.3 is 11.9 Å². The summed E-state index contributed by atoms with van der Waals surface area (Å²) in [4.78, 5) is 34.9. The first-order valence-corrected chi connectivity index (χ1v) is 7.81. The van der Waals surface area contributed by atoms with E-state index in [1.165, 1.54) is 18.2 Å². The number of nitrogens with one attached hydrogen (secondary N) is 1. The zero-order chi connectivity index (χ0) is 19.4. The van der Waals surface area contributed by atoms with Gasteiger partial charge in [0.2, 0.25) is 0 Å². The Morgan fingerprint density at radius 2 is 1.93 bits per heavy atom. The Kier molecular flexibility index (Phi) is 7.50. The summed E-state index contributed by atoms with van der Waals surface area (Å²) in [6.07, 6.45) is 0. The van der Waals surface area contributed by atoms with Crippen LogP contribution in [0.4, 0.5) is 5.69 Å². The molecule has 10 heteroatoms. The van der Waals surface area contributed by atoms with Crippen molar-refractivity contribution >= 4 is 30.0 Å². The molecular weight excluding hydrogens is 378 g/mol. The lowest BCUT2D eigenvalue weighted by Gasteiger charge is -2.29. The number of rotatable bonds is 6. The standard InChI is InChI=1S/C17H19N3O6.ClH/c1-9-13(16(21)22)15(11-4-3-5-12(8-11)20(24)25)14(10(2)19-9)17(23)26-7-6-18;/h3-5,8,15,19H,6-7,18H2,1-2H3,(H,21,22);1H. The summed E-state index contributed by atoms with van der Waals surface area (Å²) in [7, 11) is 0. The minimum Gasteiger partial charge on any atom is -0.478 e. The van der Waals surface area contributed by atoms with E-state index >= 15 is 0 Å². The highest BCUT2D eigenvalue weighted by Crippen LogP contribution is 2.39. The maximum absolute atomic E-state index is 12.5. The maximum atomic E-state index is 12.5. The third-order valence-electron chi connectivity index (χ3n) is 3.98. The Labute approximate surface area is 161 Å². The monoisotopic (exact) mass is 397 g/mol. The summed E-state index contributed by atoms with van der Waals surface area (Å²) in [5, 5.41) is 23.6. The molecule has 1 aliphatic rings. The van der Waals surface area contributed by atoms with E-state index in [9.17, 15) is 24.8 Å². The Hall–Kier alpha value is -2.91. The topological polar surface area (TPSA) is 145 Å². The van der Waals surface area contributed by atoms with Gasteiger partial charge < -0.3 is 20.9 Å². The van der Waals surface area contributed by atoms with Gasteiger partial charge in [0.1, 0.15) is 6.61 Å². The second-order valence-corrected chi connectivity index (χ2v) is 5.72. The smallest absolute Gasteiger partial charge is 0.336 e. The summed E-state index contributed by atoms with van der Waals surface area (Å²) in [6, 6.07) is 5.55. The van der Waals surface area contributed by atoms with E-state index in [1.807, 2.05) is 0 Å². The van der Waals surface area contributed by atoms with Crippen molar-refractivity contribution < 1.29 is 24.4 Å². The van der Waals surface area contributed by atoms with E-state index in [1.54, 1.807) is 19.9 Å². The van der Waals surface area contributed by atoms with Crippen LogP contribution in [0.25, 0.3) is 0 Å². The fourth-order valence-corrected chi connectivity index (χ4v) is 2.93. The number of carboxylic acids is 1. The number of carbonyl (C=O) groups excluding carboxylic acids is 1. The number of nitro benzene ring substituents is 1. The van der Waals surface area contributed by atoms with E-state index in [2.05, 4.69) is 5.32 Å². The van der Waals surface area contributed by atoms with Crippen molar-refractivity contribution in [2.75, 3.05) is 13.2 Å². The Balaban J connectivity index is 0.00000364. The number of non-ortho nitro benzene ring substituents is 1. The third kappa shape index (κ3) is 4.63. The van der Waals surface area contributed by atoms with E-state index in [-0.39, 0.29) is 42.4 Å². The molecule has 1 aliphatic heterocycles. The second-order valence-electron chi connectivity index (χ2n) is 5.72. The van der Waals surface area contributed by atoms with E-state index in [0.29, 0.717) is 17.0 Å². The summed E-state index contributed by atoms with van der Waals surface area (Å²) in [5.74, 6) is -2.95. The van der Waals surface area contributed by atoms with Gasteiger partial charge in [-0.2, -0.15) is 0 Å². The number of carboxylic acid groups (broad SMARTS) is 1. The Bertz CT molecular complexity index is 834. The number of allylic oxidation sites excluding steroid dienone is 2. The van der Waals surface area contributed by atoms with Crippen LogP contribution in [0.2, 0.25) is 0 Å². The molecule has 1 unspecified atom stereocenters. The molecule has 9 nitrogen and oxygen atoms in total. The molecule has 0 amide bonds. The number of nitrogens with two attached hydrogens (primary N) is 1. The molecule has 1 heterocycles. The molecule has 0 fully saturated rings. The molecule has 1 aromatic carbocycles. The number of halogens is 1. The number of hydrogen-bond donors (Lipinski definition) is 3. The SMILES string of the molecule is CC1=C(C(=O)O)C(c2cccc([N+](=O)[O-])c2)C(C(=O)OCCN)=C(C)N1.Cl. The molecule has 0 spiro atoms. The van der Waals surface area contributed by atoms with Crippen LogP contribution in [0, 0.1) is 10.1 Å². The minimum absolute atomic E-state index is 0. The van der Waals surface area contributed by atoms with Crippen LogP contribution in [0.1, 0.15) is 25.3 Å². The Morgan fingerprint density at radius 1 is 1.30 bits per heavy atom. The van der Waals surface area contributed by atoms with Crippen LogP contribution >= 0.6 is 12.4 Å². The average molecular weight is 398 g/mol. The summed E-state index contributed by atoms with van der Waals surface area (Å²) in [6.45, 7) is 3.28. The lowest BCUT2D eigenvalue weighted by atomic mass is 9.80. The number of aliphatic carboxylic acids is 1. The largest absolute Gasteiger partial charge is 0.478 e. The summed E-state index contributed by atoms with van der Waals surface area (Å²) >= 11 is 0. The molecular formula is C17H20ClN3O6. The van der Waals surface area contributed by atoms with Gasteiger partial charge in [-0.3, -0.25) is 10.1 Å². The maximum Gasteiger partial charge on any atom is 0.336 e. The van der Waals surface area contributed by atoms with Crippen molar-refractivity contribution in [3.8, 4) is 0 Å². The van der Waals surface area contributed by atoms with Gasteiger partial charge in [-0.1, -0.05) is 12.1 Å². The van der Waals surface area contributed by atoms with Crippen LogP contribution < -0.4 is 11.1 Å². The van der Waals surface area contributed by atoms with Crippen LogP contribution in [-0.4, -0.2) is 35.1 Å². The van der Waals surface area contributed by atoms with Crippen LogP contribution in [0.5, 0.6) is 0 Å². The number of dihydropyridines is 1. The van der Waals surface area contributed by atoms with Crippen molar-refractivity contribution in [2.24, 2.45) is 5.73 Å². The molecule has 0 bridgehead atoms. The lowest BCUT2D eigenvalue weighted by Crippen LogP contribution is -2.32. The number of nitrogens with zero attached hydrogens (tertiary/aromatic N) is 1. The molecule has 4 N–H and O–H groups in total. The molecule has 0 aliphatic carbocycles. The third-order valence-corrected chi connectivity index (χ3v) is 3.98. The number of nitro groups is 1. The van der Waals surface area contributed by atoms with Crippen molar-refractivity contribution in [2.45, 2.75) is 19.8 Å². The predicted octanol–water partition coefficient (Wildman–Crippen LogP) is 1.84. The quantitative estimate of drug-likeness (QED) is 0.374. The first-order valence-electron chi connectivity index (χ1n) is 7.81. The van der Waals surface area contributed by atoms with Crippen LogP contribution in [0.3, 0.4) is 0 Å². The molecule has 0 radical (unpaired) electrons. The number of carbonyl (C=O) groups is 2. The number of esters is 1. The molecule has 0 aromatic heterocycles. The van der Waals surface area contributed by atoms with Crippen molar-refractivity contribution in [1.82, 2.24) is 5.32 Å². The van der Waals surface area contributed by atoms with E-state index in [0.717, 1.165) is 0 Å². The molecule has 0 saturated heterocycles. The van der Waals surface area contributed by atoms with Crippen molar-refractivity contribution in [3.05, 3.63) is 62.5 Å². The van der Waals surface area contributed by atoms with Crippen molar-refractivity contribution in [3.63, 3.8) is 0 Å². The average Bonchev–Trinajstić information content (AvgIpc) is 2.58. The number of benzene rings is 1. The number of hydrogen-bond acceptors (Lipinski definition) is 7. The highest BCUT2D eigenvalue weighted by molar-refractivity contribution is 5.99. The van der Waals surface area contributed by atoms with Crippen LogP contribution in [-0.2, 0) is 14.3 Å². The fourth-order valence-electron chi connectivity index (χ4n) is 2.93. The molecule has 146 valence electrons. The van der Waals surface area contributed by atoms with Gasteiger partial charge in [0, 0.05) is 30.1 Å². The normalized spacial score (nSPS) is 16.3. The van der Waals surface area contributed by atoms with E-state index < -0.39 is 22.8 Å². The molecule has 1 atom stereocenters. The predicted molar refractivity (Wildman–Crippen MR) is 99.3 cm³/mol. The summed E-state index contributed by atoms with van der Waals surface area (Å²) < 4.78 is 5.08. The highest BCUT2D eigenvalue weighted by atomic mass is 35.5.